The summed E-state index contributed by atoms with van der Waals surface area (Å²) in [5.74, 6) is 0. The van der Waals surface area contributed by atoms with E-state index in [0.717, 1.165) is 30.1 Å². The van der Waals surface area contributed by atoms with Gasteiger partial charge < -0.3 is 10.6 Å². The Labute approximate surface area is 122 Å². The smallest absolute Gasteiger partial charge is 0.0642 e. The molecular weight excluding hydrogens is 256 g/mol. The predicted octanol–water partition coefficient (Wildman–Crippen LogP) is 4.25. The maximum absolute atomic E-state index is 6.38. The molecule has 108 valence electrons. The maximum Gasteiger partial charge on any atom is 0.0642 e. The van der Waals surface area contributed by atoms with Crippen LogP contribution < -0.4 is 10.6 Å². The Balaban J connectivity index is 2.65. The van der Waals surface area contributed by atoms with Gasteiger partial charge in [0.25, 0.3) is 0 Å². The topological polar surface area (TPSA) is 29.3 Å². The summed E-state index contributed by atoms with van der Waals surface area (Å²) in [5, 5.41) is 0.833. The Morgan fingerprint density at radius 3 is 2.58 bits per heavy atom. The number of hydrogen-bond donors (Lipinski definition) is 1. The van der Waals surface area contributed by atoms with Gasteiger partial charge >= 0.3 is 0 Å². The van der Waals surface area contributed by atoms with Crippen LogP contribution in [0.1, 0.15) is 45.1 Å². The normalized spacial score (nSPS) is 12.5. The minimum atomic E-state index is 0.226. The van der Waals surface area contributed by atoms with Gasteiger partial charge in [0.05, 0.1) is 10.7 Å². The van der Waals surface area contributed by atoms with E-state index >= 15 is 0 Å². The van der Waals surface area contributed by atoms with Crippen LogP contribution in [0, 0.1) is 0 Å². The van der Waals surface area contributed by atoms with Gasteiger partial charge in [0, 0.05) is 19.6 Å². The summed E-state index contributed by atoms with van der Waals surface area (Å²) < 4.78 is 0. The van der Waals surface area contributed by atoms with Gasteiger partial charge in [0.2, 0.25) is 0 Å². The fraction of sp³-hybridized carbons (Fsp3) is 0.625. The largest absolute Gasteiger partial charge is 0.373 e. The van der Waals surface area contributed by atoms with E-state index in [1.165, 1.54) is 24.8 Å². The average Bonchev–Trinajstić information content (AvgIpc) is 2.38. The Morgan fingerprint density at radius 2 is 2.00 bits per heavy atom. The zero-order valence-electron chi connectivity index (χ0n) is 12.5. The standard InChI is InChI=1S/C16H27ClN2/c1-4-6-7-10-19(3)16-9-8-13(12-15(16)17)11-14(18)5-2/h8-9,12,14H,4-7,10-11,18H2,1-3H3. The number of hydrogen-bond acceptors (Lipinski definition) is 2. The van der Waals surface area contributed by atoms with Crippen molar-refractivity contribution in [2.24, 2.45) is 5.73 Å². The van der Waals surface area contributed by atoms with Crippen molar-refractivity contribution in [3.63, 3.8) is 0 Å². The first kappa shape index (κ1) is 16.3. The molecule has 0 bridgehead atoms. The predicted molar refractivity (Wildman–Crippen MR) is 86.2 cm³/mol. The lowest BCUT2D eigenvalue weighted by atomic mass is 10.0. The molecule has 1 rings (SSSR count). The van der Waals surface area contributed by atoms with Gasteiger partial charge in [-0.3, -0.25) is 0 Å². The molecule has 3 heteroatoms. The van der Waals surface area contributed by atoms with E-state index in [0.29, 0.717) is 0 Å². The monoisotopic (exact) mass is 282 g/mol. The summed E-state index contributed by atoms with van der Waals surface area (Å²) in [6.07, 6.45) is 5.62. The summed E-state index contributed by atoms with van der Waals surface area (Å²) >= 11 is 6.38. The van der Waals surface area contributed by atoms with Crippen LogP contribution in [0.2, 0.25) is 5.02 Å². The van der Waals surface area contributed by atoms with Crippen molar-refractivity contribution in [2.45, 2.75) is 52.0 Å². The molecule has 1 aromatic rings. The molecule has 0 heterocycles. The van der Waals surface area contributed by atoms with Gasteiger partial charge in [-0.1, -0.05) is 44.4 Å². The fourth-order valence-electron chi connectivity index (χ4n) is 2.15. The molecule has 0 aliphatic rings. The highest BCUT2D eigenvalue weighted by Gasteiger charge is 2.08. The minimum absolute atomic E-state index is 0.226. The van der Waals surface area contributed by atoms with E-state index in [1.807, 2.05) is 0 Å². The van der Waals surface area contributed by atoms with Crippen LogP contribution in [-0.2, 0) is 6.42 Å². The number of nitrogens with two attached hydrogens (primary N) is 1. The molecule has 0 spiro atoms. The van der Waals surface area contributed by atoms with Gasteiger partial charge in [-0.25, -0.2) is 0 Å². The highest BCUT2D eigenvalue weighted by molar-refractivity contribution is 6.33. The SMILES string of the molecule is CCCCCN(C)c1ccc(CC(N)CC)cc1Cl. The van der Waals surface area contributed by atoms with Crippen molar-refractivity contribution < 1.29 is 0 Å². The van der Waals surface area contributed by atoms with E-state index < -0.39 is 0 Å². The van der Waals surface area contributed by atoms with Gasteiger partial charge in [-0.15, -0.1) is 0 Å². The van der Waals surface area contributed by atoms with E-state index in [9.17, 15) is 0 Å². The van der Waals surface area contributed by atoms with Crippen LogP contribution in [0.4, 0.5) is 5.69 Å². The van der Waals surface area contributed by atoms with E-state index in [-0.39, 0.29) is 6.04 Å². The zero-order valence-corrected chi connectivity index (χ0v) is 13.2. The summed E-state index contributed by atoms with van der Waals surface area (Å²) in [6, 6.07) is 6.55. The average molecular weight is 283 g/mol. The quantitative estimate of drug-likeness (QED) is 0.723. The van der Waals surface area contributed by atoms with Crippen molar-refractivity contribution in [3.8, 4) is 0 Å². The lowest BCUT2D eigenvalue weighted by Gasteiger charge is -2.21. The lowest BCUT2D eigenvalue weighted by molar-refractivity contribution is 0.646. The third-order valence-corrected chi connectivity index (χ3v) is 3.85. The second kappa shape index (κ2) is 8.44. The number of anilines is 1. The molecule has 0 radical (unpaired) electrons. The Kier molecular flexibility index (Phi) is 7.25. The summed E-state index contributed by atoms with van der Waals surface area (Å²) in [6.45, 7) is 5.39. The summed E-state index contributed by atoms with van der Waals surface area (Å²) in [5.41, 5.74) is 8.32. The van der Waals surface area contributed by atoms with Crippen LogP contribution in [0.25, 0.3) is 0 Å². The number of unbranched alkanes of at least 4 members (excludes halogenated alkanes) is 2. The van der Waals surface area contributed by atoms with Crippen LogP contribution in [0.15, 0.2) is 18.2 Å². The van der Waals surface area contributed by atoms with E-state index in [2.05, 4.69) is 44.0 Å². The number of nitrogens with zero attached hydrogens (tertiary/aromatic N) is 1. The van der Waals surface area contributed by atoms with Crippen LogP contribution >= 0.6 is 11.6 Å². The van der Waals surface area contributed by atoms with Gasteiger partial charge in [-0.05, 0) is 37.0 Å². The molecule has 1 unspecified atom stereocenters. The molecule has 0 saturated heterocycles. The molecule has 0 saturated carbocycles. The van der Waals surface area contributed by atoms with Crippen molar-refractivity contribution in [1.82, 2.24) is 0 Å². The molecule has 2 N–H and O–H groups in total. The van der Waals surface area contributed by atoms with Crippen molar-refractivity contribution in [2.75, 3.05) is 18.5 Å². The van der Waals surface area contributed by atoms with Gasteiger partial charge in [0.15, 0.2) is 0 Å². The van der Waals surface area contributed by atoms with Crippen molar-refractivity contribution in [1.29, 1.82) is 0 Å². The van der Waals surface area contributed by atoms with E-state index in [1.54, 1.807) is 0 Å². The molecule has 0 aliphatic carbocycles. The Hall–Kier alpha value is -0.730. The molecule has 2 nitrogen and oxygen atoms in total. The second-order valence-corrected chi connectivity index (χ2v) is 5.69. The molecule has 0 amide bonds. The first-order valence-electron chi connectivity index (χ1n) is 7.33. The fourth-order valence-corrected chi connectivity index (χ4v) is 2.50. The molecule has 19 heavy (non-hydrogen) atoms. The number of benzene rings is 1. The second-order valence-electron chi connectivity index (χ2n) is 5.29. The summed E-state index contributed by atoms with van der Waals surface area (Å²) in [7, 11) is 2.11. The number of halogens is 1. The van der Waals surface area contributed by atoms with Crippen LogP contribution in [0.3, 0.4) is 0 Å². The Bertz CT molecular complexity index is 379. The van der Waals surface area contributed by atoms with Crippen molar-refractivity contribution >= 4 is 17.3 Å². The maximum atomic E-state index is 6.38. The van der Waals surface area contributed by atoms with Crippen LogP contribution in [0.5, 0.6) is 0 Å². The molecular formula is C16H27ClN2. The van der Waals surface area contributed by atoms with Crippen LogP contribution in [-0.4, -0.2) is 19.6 Å². The lowest BCUT2D eigenvalue weighted by Crippen LogP contribution is -2.22. The molecule has 0 fully saturated rings. The highest BCUT2D eigenvalue weighted by atomic mass is 35.5. The third-order valence-electron chi connectivity index (χ3n) is 3.54. The zero-order chi connectivity index (χ0) is 14.3. The minimum Gasteiger partial charge on any atom is -0.373 e. The van der Waals surface area contributed by atoms with Gasteiger partial charge in [0.1, 0.15) is 0 Å². The number of rotatable bonds is 8. The first-order chi connectivity index (χ1) is 9.08. The molecule has 1 aromatic carbocycles. The third kappa shape index (κ3) is 5.42. The van der Waals surface area contributed by atoms with Crippen molar-refractivity contribution in [3.05, 3.63) is 28.8 Å². The molecule has 0 aliphatic heterocycles. The summed E-state index contributed by atoms with van der Waals surface area (Å²) in [4.78, 5) is 2.24. The molecule has 0 aromatic heterocycles. The van der Waals surface area contributed by atoms with Gasteiger partial charge in [-0.2, -0.15) is 0 Å². The first-order valence-corrected chi connectivity index (χ1v) is 7.71. The molecule has 1 atom stereocenters. The van der Waals surface area contributed by atoms with E-state index in [4.69, 9.17) is 17.3 Å². The Morgan fingerprint density at radius 1 is 1.26 bits per heavy atom. The highest BCUT2D eigenvalue weighted by Crippen LogP contribution is 2.27.